The fourth-order valence-electron chi connectivity index (χ4n) is 3.82. The molecule has 1 saturated heterocycles. The first-order valence-electron chi connectivity index (χ1n) is 10.2. The van der Waals surface area contributed by atoms with Gasteiger partial charge in [0.1, 0.15) is 0 Å². The minimum atomic E-state index is -0.344. The summed E-state index contributed by atoms with van der Waals surface area (Å²) in [5.41, 5.74) is 4.04. The van der Waals surface area contributed by atoms with E-state index in [4.69, 9.17) is 0 Å². The molecule has 1 aliphatic heterocycles. The van der Waals surface area contributed by atoms with Gasteiger partial charge in [-0.25, -0.2) is 0 Å². The predicted molar refractivity (Wildman–Crippen MR) is 122 cm³/mol. The predicted octanol–water partition coefficient (Wildman–Crippen LogP) is 5.65. The lowest BCUT2D eigenvalue weighted by Crippen LogP contribution is -2.28. The molecule has 0 aromatic heterocycles. The average Bonchev–Trinajstić information content (AvgIpc) is 3.09. The number of nitrogens with zero attached hydrogens (tertiary/aromatic N) is 1. The number of hydrogen-bond donors (Lipinski definition) is 1. The van der Waals surface area contributed by atoms with Crippen molar-refractivity contribution in [1.82, 2.24) is 0 Å². The molecule has 2 aromatic carbocycles. The molecule has 0 spiro atoms. The van der Waals surface area contributed by atoms with Gasteiger partial charge in [-0.1, -0.05) is 45.9 Å². The van der Waals surface area contributed by atoms with E-state index in [-0.39, 0.29) is 24.2 Å². The van der Waals surface area contributed by atoms with E-state index in [1.54, 1.807) is 16.7 Å². The summed E-state index contributed by atoms with van der Waals surface area (Å²) in [4.78, 5) is 28.6. The molecule has 5 heteroatoms. The van der Waals surface area contributed by atoms with Gasteiger partial charge < -0.3 is 10.2 Å². The molecule has 154 valence electrons. The molecule has 29 heavy (non-hydrogen) atoms. The highest BCUT2D eigenvalue weighted by Crippen LogP contribution is 2.34. The number of para-hydroxylation sites is 1. The fraction of sp³-hybridized carbons (Fsp3) is 0.417. The Labute approximate surface area is 178 Å². The van der Waals surface area contributed by atoms with Crippen LogP contribution in [0, 0.1) is 5.92 Å². The Morgan fingerprint density at radius 1 is 1.03 bits per heavy atom. The molecule has 2 amide bonds. The van der Waals surface area contributed by atoms with Gasteiger partial charge in [0.15, 0.2) is 0 Å². The van der Waals surface area contributed by atoms with Crippen molar-refractivity contribution >= 4 is 35.0 Å². The smallest absolute Gasteiger partial charge is 0.229 e. The van der Waals surface area contributed by atoms with Gasteiger partial charge in [-0.2, -0.15) is 0 Å². The van der Waals surface area contributed by atoms with Crippen LogP contribution in [0.2, 0.25) is 0 Å². The van der Waals surface area contributed by atoms with Crippen molar-refractivity contribution in [3.8, 4) is 0 Å². The molecule has 1 aliphatic rings. The van der Waals surface area contributed by atoms with Crippen molar-refractivity contribution < 1.29 is 9.59 Å². The summed E-state index contributed by atoms with van der Waals surface area (Å²) in [5, 5.41) is 3.17. The Hall–Kier alpha value is -2.27. The molecule has 0 saturated carbocycles. The van der Waals surface area contributed by atoms with Crippen LogP contribution in [-0.2, 0) is 9.59 Å². The maximum Gasteiger partial charge on any atom is 0.229 e. The Kier molecular flexibility index (Phi) is 6.68. The second kappa shape index (κ2) is 9.04. The summed E-state index contributed by atoms with van der Waals surface area (Å²) in [6.07, 6.45) is 2.27. The fourth-order valence-corrected chi connectivity index (χ4v) is 4.22. The highest BCUT2D eigenvalue weighted by atomic mass is 32.2. The number of carbonyl (C=O) groups excluding carboxylic acids is 2. The van der Waals surface area contributed by atoms with Gasteiger partial charge in [0, 0.05) is 29.2 Å². The first-order valence-corrected chi connectivity index (χ1v) is 11.4. The average molecular weight is 411 g/mol. The Balaban J connectivity index is 1.79. The quantitative estimate of drug-likeness (QED) is 0.626. The van der Waals surface area contributed by atoms with Crippen LogP contribution in [-0.4, -0.2) is 24.6 Å². The standard InChI is InChI=1S/C24H30N2O2S/c1-15(2)20-7-6-8-21(16(3)4)23(20)25-24(28)17-13-22(27)26(14-17)18-9-11-19(29-5)12-10-18/h6-12,15-17H,13-14H2,1-5H3,(H,25,28). The SMILES string of the molecule is CSc1ccc(N2CC(C(=O)Nc3c(C(C)C)cccc3C(C)C)CC2=O)cc1. The second-order valence-corrected chi connectivity index (χ2v) is 9.09. The number of thioether (sulfide) groups is 1. The van der Waals surface area contributed by atoms with Crippen LogP contribution < -0.4 is 10.2 Å². The van der Waals surface area contributed by atoms with Crippen LogP contribution in [0.5, 0.6) is 0 Å². The minimum Gasteiger partial charge on any atom is -0.325 e. The van der Waals surface area contributed by atoms with Gasteiger partial charge in [-0.05, 0) is 53.5 Å². The van der Waals surface area contributed by atoms with E-state index in [0.29, 0.717) is 18.4 Å². The molecule has 0 radical (unpaired) electrons. The minimum absolute atomic E-state index is 0.00304. The highest BCUT2D eigenvalue weighted by molar-refractivity contribution is 7.98. The molecule has 1 atom stereocenters. The third-order valence-electron chi connectivity index (χ3n) is 5.50. The number of hydrogen-bond acceptors (Lipinski definition) is 3. The summed E-state index contributed by atoms with van der Waals surface area (Å²) in [6, 6.07) is 14.1. The van der Waals surface area contributed by atoms with Gasteiger partial charge in [0.25, 0.3) is 0 Å². The second-order valence-electron chi connectivity index (χ2n) is 8.21. The topological polar surface area (TPSA) is 49.4 Å². The molecule has 4 nitrogen and oxygen atoms in total. The van der Waals surface area contributed by atoms with Crippen LogP contribution in [0.4, 0.5) is 11.4 Å². The molecule has 3 rings (SSSR count). The lowest BCUT2D eigenvalue weighted by Gasteiger charge is -2.22. The third-order valence-corrected chi connectivity index (χ3v) is 6.24. The monoisotopic (exact) mass is 410 g/mol. The maximum absolute atomic E-state index is 13.1. The van der Waals surface area contributed by atoms with Crippen LogP contribution in [0.3, 0.4) is 0 Å². The van der Waals surface area contributed by atoms with Crippen molar-refractivity contribution in [3.05, 3.63) is 53.6 Å². The number of carbonyl (C=O) groups is 2. The summed E-state index contributed by atoms with van der Waals surface area (Å²) in [7, 11) is 0. The first-order chi connectivity index (χ1) is 13.8. The Morgan fingerprint density at radius 3 is 2.14 bits per heavy atom. The molecular formula is C24H30N2O2S. The van der Waals surface area contributed by atoms with Crippen LogP contribution in [0.25, 0.3) is 0 Å². The van der Waals surface area contributed by atoms with E-state index in [1.165, 1.54) is 0 Å². The summed E-state index contributed by atoms with van der Waals surface area (Å²) in [6.45, 7) is 8.95. The van der Waals surface area contributed by atoms with E-state index in [9.17, 15) is 9.59 Å². The summed E-state index contributed by atoms with van der Waals surface area (Å²) in [5.74, 6) is 0.198. The van der Waals surface area contributed by atoms with Gasteiger partial charge in [0.2, 0.25) is 11.8 Å². The molecule has 1 fully saturated rings. The zero-order chi connectivity index (χ0) is 21.1. The molecular weight excluding hydrogens is 380 g/mol. The van der Waals surface area contributed by atoms with Crippen LogP contribution >= 0.6 is 11.8 Å². The van der Waals surface area contributed by atoms with Crippen molar-refractivity contribution in [2.75, 3.05) is 23.0 Å². The van der Waals surface area contributed by atoms with Crippen molar-refractivity contribution in [3.63, 3.8) is 0 Å². The zero-order valence-corrected chi connectivity index (χ0v) is 18.7. The summed E-state index contributed by atoms with van der Waals surface area (Å²) >= 11 is 1.67. The highest BCUT2D eigenvalue weighted by Gasteiger charge is 2.35. The molecule has 0 bridgehead atoms. The Bertz CT molecular complexity index is 864. The van der Waals surface area contributed by atoms with Gasteiger partial charge in [-0.3, -0.25) is 9.59 Å². The molecule has 0 aliphatic carbocycles. The van der Waals surface area contributed by atoms with E-state index >= 15 is 0 Å². The van der Waals surface area contributed by atoms with Crippen LogP contribution in [0.15, 0.2) is 47.4 Å². The van der Waals surface area contributed by atoms with E-state index in [2.05, 4.69) is 51.2 Å². The zero-order valence-electron chi connectivity index (χ0n) is 17.9. The van der Waals surface area contributed by atoms with Crippen LogP contribution in [0.1, 0.15) is 57.1 Å². The number of nitrogens with one attached hydrogen (secondary N) is 1. The molecule has 1 N–H and O–H groups in total. The largest absolute Gasteiger partial charge is 0.325 e. The van der Waals surface area contributed by atoms with Crippen molar-refractivity contribution in [2.24, 2.45) is 5.92 Å². The van der Waals surface area contributed by atoms with E-state index in [0.717, 1.165) is 27.4 Å². The molecule has 1 heterocycles. The lowest BCUT2D eigenvalue weighted by atomic mass is 9.92. The van der Waals surface area contributed by atoms with E-state index < -0.39 is 0 Å². The van der Waals surface area contributed by atoms with Crippen molar-refractivity contribution in [2.45, 2.75) is 50.8 Å². The number of anilines is 2. The number of rotatable bonds is 6. The third kappa shape index (κ3) is 4.67. The molecule has 1 unspecified atom stereocenters. The van der Waals surface area contributed by atoms with Gasteiger partial charge >= 0.3 is 0 Å². The summed E-state index contributed by atoms with van der Waals surface area (Å²) < 4.78 is 0. The maximum atomic E-state index is 13.1. The Morgan fingerprint density at radius 2 is 1.62 bits per heavy atom. The number of amides is 2. The normalized spacial score (nSPS) is 16.7. The van der Waals surface area contributed by atoms with Crippen molar-refractivity contribution in [1.29, 1.82) is 0 Å². The van der Waals surface area contributed by atoms with E-state index in [1.807, 2.05) is 30.5 Å². The first kappa shape index (κ1) is 21.4. The molecule has 2 aromatic rings. The van der Waals surface area contributed by atoms with Gasteiger partial charge in [0.05, 0.1) is 5.92 Å². The lowest BCUT2D eigenvalue weighted by molar-refractivity contribution is -0.122. The number of benzene rings is 2. The van der Waals surface area contributed by atoms with Gasteiger partial charge in [-0.15, -0.1) is 11.8 Å².